The lowest BCUT2D eigenvalue weighted by molar-refractivity contribution is -0.383. The van der Waals surface area contributed by atoms with Gasteiger partial charge in [-0.25, -0.2) is 0 Å². The molecule has 0 aliphatic carbocycles. The maximum Gasteiger partial charge on any atom is 0.292 e. The highest BCUT2D eigenvalue weighted by Gasteiger charge is 2.14. The van der Waals surface area contributed by atoms with Crippen molar-refractivity contribution < 1.29 is 14.5 Å². The Morgan fingerprint density at radius 2 is 2.04 bits per heavy atom. The second-order valence-corrected chi connectivity index (χ2v) is 6.45. The number of halogens is 1. The molecule has 7 nitrogen and oxygen atoms in total. The fraction of sp³-hybridized carbons (Fsp3) is 0.176. The number of thiocarbonyl (C=S) groups is 1. The number of ether oxygens (including phenoxy) is 1. The predicted octanol–water partition coefficient (Wildman–Crippen LogP) is 3.81. The first-order valence-corrected chi connectivity index (χ1v) is 8.86. The molecule has 2 N–H and O–H groups in total. The molecule has 0 atom stereocenters. The molecule has 0 radical (unpaired) electrons. The Hall–Kier alpha value is -2.52. The van der Waals surface area contributed by atoms with E-state index in [0.717, 1.165) is 16.5 Å². The SMILES string of the molecule is CCc1ccc(OCC(=O)NC(=S)Nc2ccccc2[N+](=O)[O-])c(Br)c1. The number of carbonyl (C=O) groups is 1. The lowest BCUT2D eigenvalue weighted by Gasteiger charge is -2.11. The molecule has 0 bridgehead atoms. The molecule has 0 aliphatic rings. The van der Waals surface area contributed by atoms with Gasteiger partial charge in [-0.2, -0.15) is 0 Å². The number of hydrogen-bond acceptors (Lipinski definition) is 5. The maximum atomic E-state index is 12.0. The molecule has 0 aliphatic heterocycles. The van der Waals surface area contributed by atoms with E-state index < -0.39 is 10.8 Å². The Bertz CT molecular complexity index is 845. The van der Waals surface area contributed by atoms with Crippen LogP contribution < -0.4 is 15.4 Å². The van der Waals surface area contributed by atoms with Crippen LogP contribution in [0.4, 0.5) is 11.4 Å². The minimum absolute atomic E-state index is 0.0479. The van der Waals surface area contributed by atoms with Crippen LogP contribution in [0.15, 0.2) is 46.9 Å². The number of nitro benzene ring substituents is 1. The van der Waals surface area contributed by atoms with Gasteiger partial charge in [-0.15, -0.1) is 0 Å². The van der Waals surface area contributed by atoms with Gasteiger partial charge in [0.15, 0.2) is 11.7 Å². The van der Waals surface area contributed by atoms with E-state index in [1.54, 1.807) is 18.2 Å². The van der Waals surface area contributed by atoms with Gasteiger partial charge in [0, 0.05) is 6.07 Å². The Morgan fingerprint density at radius 1 is 1.31 bits per heavy atom. The summed E-state index contributed by atoms with van der Waals surface area (Å²) in [5.74, 6) is 0.0578. The summed E-state index contributed by atoms with van der Waals surface area (Å²) in [7, 11) is 0. The predicted molar refractivity (Wildman–Crippen MR) is 106 cm³/mol. The van der Waals surface area contributed by atoms with Gasteiger partial charge in [0.1, 0.15) is 11.4 Å². The zero-order valence-electron chi connectivity index (χ0n) is 13.8. The first-order chi connectivity index (χ1) is 12.4. The molecule has 0 aromatic heterocycles. The number of para-hydroxylation sites is 2. The van der Waals surface area contributed by atoms with Crippen LogP contribution in [-0.4, -0.2) is 22.5 Å². The van der Waals surface area contributed by atoms with Gasteiger partial charge < -0.3 is 10.1 Å². The van der Waals surface area contributed by atoms with Crippen molar-refractivity contribution in [2.75, 3.05) is 11.9 Å². The highest BCUT2D eigenvalue weighted by atomic mass is 79.9. The number of nitrogens with zero attached hydrogens (tertiary/aromatic N) is 1. The molecule has 2 aromatic rings. The van der Waals surface area contributed by atoms with Gasteiger partial charge in [-0.05, 0) is 58.3 Å². The highest BCUT2D eigenvalue weighted by Crippen LogP contribution is 2.26. The van der Waals surface area contributed by atoms with E-state index in [1.807, 2.05) is 19.1 Å². The summed E-state index contributed by atoms with van der Waals surface area (Å²) >= 11 is 8.41. The van der Waals surface area contributed by atoms with Crippen molar-refractivity contribution in [3.05, 3.63) is 62.6 Å². The van der Waals surface area contributed by atoms with Gasteiger partial charge in [0.05, 0.1) is 9.40 Å². The summed E-state index contributed by atoms with van der Waals surface area (Å²) in [4.78, 5) is 22.4. The second-order valence-electron chi connectivity index (χ2n) is 5.18. The monoisotopic (exact) mass is 437 g/mol. The third-order valence-electron chi connectivity index (χ3n) is 3.37. The molecular weight excluding hydrogens is 422 g/mol. The van der Waals surface area contributed by atoms with Crippen LogP contribution in [0.1, 0.15) is 12.5 Å². The number of amides is 1. The minimum Gasteiger partial charge on any atom is -0.483 e. The van der Waals surface area contributed by atoms with Gasteiger partial charge in [-0.1, -0.05) is 25.1 Å². The summed E-state index contributed by atoms with van der Waals surface area (Å²) in [6.45, 7) is 1.80. The molecule has 136 valence electrons. The summed E-state index contributed by atoms with van der Waals surface area (Å²) < 4.78 is 6.21. The molecule has 0 heterocycles. The average Bonchev–Trinajstić information content (AvgIpc) is 2.60. The molecule has 0 spiro atoms. The Morgan fingerprint density at radius 3 is 2.69 bits per heavy atom. The molecule has 0 saturated heterocycles. The number of carbonyl (C=O) groups excluding carboxylic acids is 1. The van der Waals surface area contributed by atoms with Crippen molar-refractivity contribution in [1.29, 1.82) is 0 Å². The number of anilines is 1. The molecule has 0 unspecified atom stereocenters. The Balaban J connectivity index is 1.90. The summed E-state index contributed by atoms with van der Waals surface area (Å²) in [5.41, 5.74) is 1.20. The van der Waals surface area contributed by atoms with Crippen LogP contribution in [0.3, 0.4) is 0 Å². The number of rotatable bonds is 6. The van der Waals surface area contributed by atoms with E-state index in [2.05, 4.69) is 26.6 Å². The number of benzene rings is 2. The van der Waals surface area contributed by atoms with Crippen LogP contribution in [-0.2, 0) is 11.2 Å². The van der Waals surface area contributed by atoms with Crippen molar-refractivity contribution in [3.63, 3.8) is 0 Å². The molecule has 2 aromatic carbocycles. The summed E-state index contributed by atoms with van der Waals surface area (Å²) in [6, 6.07) is 11.6. The number of nitrogens with one attached hydrogen (secondary N) is 2. The Labute approximate surface area is 164 Å². The van der Waals surface area contributed by atoms with Crippen LogP contribution in [0, 0.1) is 10.1 Å². The van der Waals surface area contributed by atoms with E-state index >= 15 is 0 Å². The standard InChI is InChI=1S/C17H16BrN3O4S/c1-2-11-7-8-15(12(18)9-11)25-10-16(22)20-17(26)19-13-5-3-4-6-14(13)21(23)24/h3-9H,2,10H2,1H3,(H2,19,20,22,26). The topological polar surface area (TPSA) is 93.5 Å². The largest absolute Gasteiger partial charge is 0.483 e. The lowest BCUT2D eigenvalue weighted by atomic mass is 10.2. The van der Waals surface area contributed by atoms with E-state index in [9.17, 15) is 14.9 Å². The molecule has 1 amide bonds. The number of nitro groups is 1. The van der Waals surface area contributed by atoms with Crippen molar-refractivity contribution in [2.24, 2.45) is 0 Å². The van der Waals surface area contributed by atoms with Gasteiger partial charge in [0.25, 0.3) is 11.6 Å². The zero-order chi connectivity index (χ0) is 19.1. The van der Waals surface area contributed by atoms with Gasteiger partial charge in [-0.3, -0.25) is 20.2 Å². The average molecular weight is 438 g/mol. The molecule has 0 fully saturated rings. The second kappa shape index (κ2) is 9.25. The van der Waals surface area contributed by atoms with E-state index in [0.29, 0.717) is 5.75 Å². The smallest absolute Gasteiger partial charge is 0.292 e. The normalized spacial score (nSPS) is 10.1. The maximum absolute atomic E-state index is 12.0. The lowest BCUT2D eigenvalue weighted by Crippen LogP contribution is -2.37. The Kier molecular flexibility index (Phi) is 7.05. The summed E-state index contributed by atoms with van der Waals surface area (Å²) in [6.07, 6.45) is 0.894. The van der Waals surface area contributed by atoms with E-state index in [4.69, 9.17) is 17.0 Å². The van der Waals surface area contributed by atoms with Gasteiger partial charge >= 0.3 is 0 Å². The van der Waals surface area contributed by atoms with E-state index in [1.165, 1.54) is 12.1 Å². The minimum atomic E-state index is -0.534. The third-order valence-corrected chi connectivity index (χ3v) is 4.19. The van der Waals surface area contributed by atoms with Crippen LogP contribution in [0.5, 0.6) is 5.75 Å². The fourth-order valence-corrected chi connectivity index (χ4v) is 2.84. The highest BCUT2D eigenvalue weighted by molar-refractivity contribution is 9.10. The van der Waals surface area contributed by atoms with Crippen LogP contribution in [0.25, 0.3) is 0 Å². The fourth-order valence-electron chi connectivity index (χ4n) is 2.08. The number of hydrogen-bond donors (Lipinski definition) is 2. The van der Waals surface area contributed by atoms with Crippen molar-refractivity contribution in [3.8, 4) is 5.75 Å². The first kappa shape index (κ1) is 19.8. The summed E-state index contributed by atoms with van der Waals surface area (Å²) in [5, 5.41) is 16.0. The molecule has 2 rings (SSSR count). The first-order valence-electron chi connectivity index (χ1n) is 7.66. The van der Waals surface area contributed by atoms with Crippen molar-refractivity contribution in [2.45, 2.75) is 13.3 Å². The van der Waals surface area contributed by atoms with Crippen molar-refractivity contribution >= 4 is 50.5 Å². The molecule has 26 heavy (non-hydrogen) atoms. The molecule has 0 saturated carbocycles. The van der Waals surface area contributed by atoms with E-state index in [-0.39, 0.29) is 23.1 Å². The number of aryl methyl sites for hydroxylation is 1. The zero-order valence-corrected chi connectivity index (χ0v) is 16.2. The third kappa shape index (κ3) is 5.50. The molecule has 9 heteroatoms. The van der Waals surface area contributed by atoms with Crippen LogP contribution >= 0.6 is 28.1 Å². The van der Waals surface area contributed by atoms with Crippen LogP contribution in [0.2, 0.25) is 0 Å². The quantitative estimate of drug-likeness (QED) is 0.405. The van der Waals surface area contributed by atoms with Crippen molar-refractivity contribution in [1.82, 2.24) is 5.32 Å². The van der Waals surface area contributed by atoms with Gasteiger partial charge in [0.2, 0.25) is 0 Å². The molecular formula is C17H16BrN3O4S.